The van der Waals surface area contributed by atoms with Gasteiger partial charge in [-0.25, -0.2) is 4.39 Å². The average Bonchev–Trinajstić information content (AvgIpc) is 2.45. The van der Waals surface area contributed by atoms with Gasteiger partial charge in [0.05, 0.1) is 6.04 Å². The molecule has 0 fully saturated rings. The van der Waals surface area contributed by atoms with Crippen molar-refractivity contribution >= 4 is 0 Å². The lowest BCUT2D eigenvalue weighted by Crippen LogP contribution is -2.15. The second-order valence-electron chi connectivity index (χ2n) is 6.23. The minimum absolute atomic E-state index is 0.243. The van der Waals surface area contributed by atoms with E-state index in [1.54, 1.807) is 6.07 Å². The van der Waals surface area contributed by atoms with Crippen LogP contribution in [0.5, 0.6) is 0 Å². The van der Waals surface area contributed by atoms with E-state index in [2.05, 4.69) is 45.9 Å². The van der Waals surface area contributed by atoms with Gasteiger partial charge in [-0.1, -0.05) is 58.0 Å². The molecule has 2 N–H and O–H groups in total. The number of benzene rings is 2. The Labute approximate surface area is 127 Å². The summed E-state index contributed by atoms with van der Waals surface area (Å²) in [5.74, 6) is 0.633. The fraction of sp³-hybridized carbons (Fsp3) is 0.368. The number of nitrogens with two attached hydrogens (primary N) is 1. The zero-order valence-corrected chi connectivity index (χ0v) is 13.2. The van der Waals surface area contributed by atoms with Crippen LogP contribution in [-0.2, 0) is 0 Å². The van der Waals surface area contributed by atoms with E-state index in [-0.39, 0.29) is 11.9 Å². The first kappa shape index (κ1) is 15.7. The molecule has 0 aliphatic carbocycles. The predicted molar refractivity (Wildman–Crippen MR) is 87.1 cm³/mol. The minimum atomic E-state index is -0.292. The number of rotatable bonds is 4. The second-order valence-corrected chi connectivity index (χ2v) is 6.23. The summed E-state index contributed by atoms with van der Waals surface area (Å²) < 4.78 is 13.4. The Bertz CT molecular complexity index is 617. The highest BCUT2D eigenvalue weighted by Gasteiger charge is 2.17. The summed E-state index contributed by atoms with van der Waals surface area (Å²) in [6.07, 6.45) is 0. The lowest BCUT2D eigenvalue weighted by atomic mass is 9.87. The highest BCUT2D eigenvalue weighted by molar-refractivity contribution is 5.41. The summed E-state index contributed by atoms with van der Waals surface area (Å²) in [6, 6.07) is 12.7. The minimum Gasteiger partial charge on any atom is -0.320 e. The van der Waals surface area contributed by atoms with Gasteiger partial charge in [0.1, 0.15) is 5.82 Å². The van der Waals surface area contributed by atoms with Crippen LogP contribution in [0.2, 0.25) is 0 Å². The maximum absolute atomic E-state index is 13.4. The van der Waals surface area contributed by atoms with Crippen LogP contribution < -0.4 is 5.73 Å². The van der Waals surface area contributed by atoms with E-state index in [0.29, 0.717) is 11.8 Å². The first-order valence-electron chi connectivity index (χ1n) is 7.55. The van der Waals surface area contributed by atoms with Gasteiger partial charge >= 0.3 is 0 Å². The topological polar surface area (TPSA) is 26.0 Å². The predicted octanol–water partition coefficient (Wildman–Crippen LogP) is 5.12. The van der Waals surface area contributed by atoms with E-state index in [1.807, 2.05) is 6.07 Å². The van der Waals surface area contributed by atoms with Crippen LogP contribution in [0, 0.1) is 5.82 Å². The molecule has 21 heavy (non-hydrogen) atoms. The lowest BCUT2D eigenvalue weighted by Gasteiger charge is -2.21. The molecule has 1 unspecified atom stereocenters. The highest BCUT2D eigenvalue weighted by Crippen LogP contribution is 2.31. The monoisotopic (exact) mass is 285 g/mol. The molecule has 0 bridgehead atoms. The summed E-state index contributed by atoms with van der Waals surface area (Å²) in [5.41, 5.74) is 10.8. The van der Waals surface area contributed by atoms with Gasteiger partial charge in [-0.2, -0.15) is 0 Å². The molecule has 2 heteroatoms. The Morgan fingerprint density at radius 2 is 1.52 bits per heavy atom. The molecular formula is C19H24FN. The standard InChI is InChI=1S/C19H24FN/c1-12(2)14-8-9-17(18(11-14)13(3)4)19(21)15-6-5-7-16(20)10-15/h5-13,19H,21H2,1-4H3. The van der Waals surface area contributed by atoms with Crippen molar-refractivity contribution in [1.29, 1.82) is 0 Å². The fourth-order valence-electron chi connectivity index (χ4n) is 2.62. The van der Waals surface area contributed by atoms with Gasteiger partial charge in [0.15, 0.2) is 0 Å². The smallest absolute Gasteiger partial charge is 0.123 e. The largest absolute Gasteiger partial charge is 0.320 e. The van der Waals surface area contributed by atoms with E-state index in [9.17, 15) is 4.39 Å². The summed E-state index contributed by atoms with van der Waals surface area (Å²) in [6.45, 7) is 8.71. The van der Waals surface area contributed by atoms with Gasteiger partial charge in [0, 0.05) is 0 Å². The molecule has 0 aliphatic rings. The molecule has 0 aromatic heterocycles. The van der Waals surface area contributed by atoms with Crippen molar-refractivity contribution in [1.82, 2.24) is 0 Å². The molecule has 0 aliphatic heterocycles. The molecular weight excluding hydrogens is 261 g/mol. The van der Waals surface area contributed by atoms with Crippen molar-refractivity contribution in [2.45, 2.75) is 45.6 Å². The average molecular weight is 285 g/mol. The van der Waals surface area contributed by atoms with E-state index in [1.165, 1.54) is 23.3 Å². The zero-order valence-electron chi connectivity index (χ0n) is 13.2. The highest BCUT2D eigenvalue weighted by atomic mass is 19.1. The van der Waals surface area contributed by atoms with Crippen molar-refractivity contribution in [3.63, 3.8) is 0 Å². The van der Waals surface area contributed by atoms with E-state index in [0.717, 1.165) is 11.1 Å². The Kier molecular flexibility index (Phi) is 4.79. The molecule has 2 aromatic carbocycles. The normalized spacial score (nSPS) is 13.0. The van der Waals surface area contributed by atoms with Gasteiger partial charge in [0.25, 0.3) is 0 Å². The molecule has 1 atom stereocenters. The van der Waals surface area contributed by atoms with Crippen molar-refractivity contribution in [2.24, 2.45) is 5.73 Å². The Morgan fingerprint density at radius 1 is 0.810 bits per heavy atom. The molecule has 0 saturated heterocycles. The van der Waals surface area contributed by atoms with Crippen LogP contribution in [0.3, 0.4) is 0 Å². The Morgan fingerprint density at radius 3 is 2.10 bits per heavy atom. The van der Waals surface area contributed by atoms with Gasteiger partial charge in [0.2, 0.25) is 0 Å². The van der Waals surface area contributed by atoms with E-state index in [4.69, 9.17) is 5.73 Å². The van der Waals surface area contributed by atoms with Gasteiger partial charge in [-0.05, 0) is 46.2 Å². The van der Waals surface area contributed by atoms with Crippen LogP contribution in [0.25, 0.3) is 0 Å². The second kappa shape index (κ2) is 6.40. The first-order chi connectivity index (χ1) is 9.90. The summed E-state index contributed by atoms with van der Waals surface area (Å²) >= 11 is 0. The molecule has 1 nitrogen and oxygen atoms in total. The van der Waals surface area contributed by atoms with Crippen LogP contribution in [-0.4, -0.2) is 0 Å². The maximum atomic E-state index is 13.4. The van der Waals surface area contributed by atoms with Gasteiger partial charge < -0.3 is 5.73 Å². The molecule has 0 spiro atoms. The SMILES string of the molecule is CC(C)c1ccc(C(N)c2cccc(F)c2)c(C(C)C)c1. The van der Waals surface area contributed by atoms with Gasteiger partial charge in [-0.15, -0.1) is 0 Å². The summed E-state index contributed by atoms with van der Waals surface area (Å²) in [7, 11) is 0. The van der Waals surface area contributed by atoms with Crippen LogP contribution >= 0.6 is 0 Å². The van der Waals surface area contributed by atoms with Crippen molar-refractivity contribution in [3.8, 4) is 0 Å². The van der Waals surface area contributed by atoms with Crippen LogP contribution in [0.1, 0.15) is 67.8 Å². The van der Waals surface area contributed by atoms with Crippen molar-refractivity contribution < 1.29 is 4.39 Å². The van der Waals surface area contributed by atoms with E-state index >= 15 is 0 Å². The number of halogens is 1. The maximum Gasteiger partial charge on any atom is 0.123 e. The Balaban J connectivity index is 2.47. The van der Waals surface area contributed by atoms with Crippen LogP contribution in [0.4, 0.5) is 4.39 Å². The first-order valence-corrected chi connectivity index (χ1v) is 7.55. The third-order valence-corrected chi connectivity index (χ3v) is 3.94. The molecule has 0 radical (unpaired) electrons. The Hall–Kier alpha value is -1.67. The summed E-state index contributed by atoms with van der Waals surface area (Å²) in [5, 5.41) is 0. The third-order valence-electron chi connectivity index (χ3n) is 3.94. The van der Waals surface area contributed by atoms with Crippen molar-refractivity contribution in [3.05, 3.63) is 70.5 Å². The molecule has 0 amide bonds. The summed E-state index contributed by atoms with van der Waals surface area (Å²) in [4.78, 5) is 0. The molecule has 2 rings (SSSR count). The molecule has 0 saturated carbocycles. The van der Waals surface area contributed by atoms with Crippen LogP contribution in [0.15, 0.2) is 42.5 Å². The quantitative estimate of drug-likeness (QED) is 0.829. The molecule has 2 aromatic rings. The van der Waals surface area contributed by atoms with E-state index < -0.39 is 0 Å². The van der Waals surface area contributed by atoms with Crippen molar-refractivity contribution in [2.75, 3.05) is 0 Å². The fourth-order valence-corrected chi connectivity index (χ4v) is 2.62. The molecule has 112 valence electrons. The number of hydrogen-bond donors (Lipinski definition) is 1. The number of hydrogen-bond acceptors (Lipinski definition) is 1. The molecule has 0 heterocycles. The van der Waals surface area contributed by atoms with Gasteiger partial charge in [-0.3, -0.25) is 0 Å². The zero-order chi connectivity index (χ0) is 15.6. The third kappa shape index (κ3) is 3.51. The lowest BCUT2D eigenvalue weighted by molar-refractivity contribution is 0.623.